The molecule has 31 heavy (non-hydrogen) atoms. The van der Waals surface area contributed by atoms with Gasteiger partial charge >= 0.3 is 0 Å². The van der Waals surface area contributed by atoms with Crippen LogP contribution in [0.15, 0.2) is 41.9 Å². The highest BCUT2D eigenvalue weighted by atomic mass is 31.1. The second kappa shape index (κ2) is 7.57. The number of piperazine rings is 1. The summed E-state index contributed by atoms with van der Waals surface area (Å²) in [6.45, 7) is 11.4. The fourth-order valence-corrected chi connectivity index (χ4v) is 6.00. The van der Waals surface area contributed by atoms with Crippen molar-refractivity contribution in [1.29, 1.82) is 0 Å². The summed E-state index contributed by atoms with van der Waals surface area (Å²) in [4.78, 5) is 24.4. The summed E-state index contributed by atoms with van der Waals surface area (Å²) in [5.41, 5.74) is 6.13. The van der Waals surface area contributed by atoms with Crippen LogP contribution in [0.1, 0.15) is 30.9 Å². The molecule has 0 aliphatic carbocycles. The standard InChI is InChI=1S/C23H29N6OP/c1-14-8-18(27-7-6-26(5)16(3)12-27)13-28-22(30)10-21(31-23(14)28)19-9-20-17(4)24-15(2)11-29(20)25-19/h8-11,13,16,23,31H,6-7,12H2,1-5H3/t16-,23?/m0/s1. The molecule has 3 aliphatic heterocycles. The monoisotopic (exact) mass is 436 g/mol. The van der Waals surface area contributed by atoms with Gasteiger partial charge in [0.2, 0.25) is 0 Å². The van der Waals surface area contributed by atoms with E-state index in [9.17, 15) is 4.79 Å². The van der Waals surface area contributed by atoms with Crippen LogP contribution in [0.5, 0.6) is 0 Å². The van der Waals surface area contributed by atoms with Crippen LogP contribution in [0.3, 0.4) is 0 Å². The summed E-state index contributed by atoms with van der Waals surface area (Å²) in [7, 11) is 2.64. The third-order valence-electron chi connectivity index (χ3n) is 6.53. The van der Waals surface area contributed by atoms with Gasteiger partial charge in [0, 0.05) is 43.3 Å². The van der Waals surface area contributed by atoms with Crippen LogP contribution >= 0.6 is 8.58 Å². The first-order chi connectivity index (χ1) is 14.8. The first-order valence-electron chi connectivity index (χ1n) is 10.8. The predicted octanol–water partition coefficient (Wildman–Crippen LogP) is 2.97. The molecule has 2 aromatic heterocycles. The molecule has 162 valence electrons. The van der Waals surface area contributed by atoms with Crippen LogP contribution in [0.2, 0.25) is 0 Å². The van der Waals surface area contributed by atoms with E-state index in [1.807, 2.05) is 29.5 Å². The Hall–Kier alpha value is -2.50. The van der Waals surface area contributed by atoms with E-state index in [1.54, 1.807) is 6.08 Å². The lowest BCUT2D eigenvalue weighted by Crippen LogP contribution is -2.50. The number of aryl methyl sites for hydroxylation is 2. The maximum absolute atomic E-state index is 13.1. The van der Waals surface area contributed by atoms with E-state index in [1.165, 1.54) is 5.57 Å². The molecule has 1 fully saturated rings. The van der Waals surface area contributed by atoms with Gasteiger partial charge in [0.25, 0.3) is 5.91 Å². The van der Waals surface area contributed by atoms with Crippen molar-refractivity contribution in [2.24, 2.45) is 0 Å². The van der Waals surface area contributed by atoms with Gasteiger partial charge in [0.1, 0.15) is 0 Å². The largest absolute Gasteiger partial charge is 0.368 e. The molecule has 3 aliphatic rings. The Kier molecular flexibility index (Phi) is 4.98. The van der Waals surface area contributed by atoms with Crippen molar-refractivity contribution < 1.29 is 4.79 Å². The maximum Gasteiger partial charge on any atom is 0.252 e. The van der Waals surface area contributed by atoms with Crippen molar-refractivity contribution in [3.8, 4) is 0 Å². The number of allylic oxidation sites excluding steroid dienone is 1. The minimum Gasteiger partial charge on any atom is -0.368 e. The highest BCUT2D eigenvalue weighted by Crippen LogP contribution is 2.47. The van der Waals surface area contributed by atoms with Crippen molar-refractivity contribution in [2.45, 2.75) is 39.5 Å². The Balaban J connectivity index is 1.45. The molecule has 5 heterocycles. The average molecular weight is 437 g/mol. The predicted molar refractivity (Wildman–Crippen MR) is 125 cm³/mol. The Morgan fingerprint density at radius 2 is 1.97 bits per heavy atom. The van der Waals surface area contributed by atoms with Crippen LogP contribution < -0.4 is 0 Å². The van der Waals surface area contributed by atoms with E-state index in [0.717, 1.165) is 53.2 Å². The molecular formula is C23H29N6OP. The van der Waals surface area contributed by atoms with E-state index in [4.69, 9.17) is 5.10 Å². The highest BCUT2D eigenvalue weighted by Gasteiger charge is 2.34. The van der Waals surface area contributed by atoms with Crippen molar-refractivity contribution in [3.05, 3.63) is 59.0 Å². The number of amides is 1. The van der Waals surface area contributed by atoms with Crippen LogP contribution in [-0.4, -0.2) is 73.7 Å². The van der Waals surface area contributed by atoms with Gasteiger partial charge in [-0.3, -0.25) is 9.78 Å². The smallest absolute Gasteiger partial charge is 0.252 e. The SMILES string of the molecule is CC1=CC(N2CCN(C)[C@@H](C)C2)=CN2C(=O)C=C(c3cc4c(C)nc(C)cn4n3)PC12. The molecule has 5 rings (SSSR count). The van der Waals surface area contributed by atoms with Gasteiger partial charge in [-0.1, -0.05) is 8.58 Å². The molecule has 0 N–H and O–H groups in total. The fourth-order valence-electron chi connectivity index (χ4n) is 4.57. The van der Waals surface area contributed by atoms with Gasteiger partial charge in [0.05, 0.1) is 40.3 Å². The molecule has 0 spiro atoms. The summed E-state index contributed by atoms with van der Waals surface area (Å²) >= 11 is 0. The van der Waals surface area contributed by atoms with Crippen LogP contribution in [0.4, 0.5) is 0 Å². The Morgan fingerprint density at radius 3 is 2.74 bits per heavy atom. The topological polar surface area (TPSA) is 57.0 Å². The number of hydrogen-bond donors (Lipinski definition) is 0. The van der Waals surface area contributed by atoms with Gasteiger partial charge in [-0.2, -0.15) is 5.10 Å². The number of aromatic nitrogens is 3. The molecule has 0 aromatic carbocycles. The van der Waals surface area contributed by atoms with E-state index < -0.39 is 0 Å². The Labute approximate surface area is 184 Å². The van der Waals surface area contributed by atoms with Crippen molar-refractivity contribution in [3.63, 3.8) is 0 Å². The number of hydrogen-bond acceptors (Lipinski definition) is 5. The molecule has 0 saturated carbocycles. The fraction of sp³-hybridized carbons (Fsp3) is 0.435. The minimum atomic E-state index is 0.0361. The second-order valence-corrected chi connectivity index (χ2v) is 10.3. The molecule has 0 radical (unpaired) electrons. The zero-order valence-corrected chi connectivity index (χ0v) is 19.8. The van der Waals surface area contributed by atoms with E-state index >= 15 is 0 Å². The summed E-state index contributed by atoms with van der Waals surface area (Å²) in [6.07, 6.45) is 8.03. The maximum atomic E-state index is 13.1. The summed E-state index contributed by atoms with van der Waals surface area (Å²) in [5, 5.41) is 5.77. The molecule has 8 heteroatoms. The number of fused-ring (bicyclic) bond motifs is 2. The number of likely N-dealkylation sites (N-methyl/N-ethyl adjacent to an activating group) is 1. The third kappa shape index (κ3) is 3.60. The number of rotatable bonds is 2. The quantitative estimate of drug-likeness (QED) is 0.678. The summed E-state index contributed by atoms with van der Waals surface area (Å²) in [6, 6.07) is 2.56. The third-order valence-corrected chi connectivity index (χ3v) is 8.25. The van der Waals surface area contributed by atoms with Gasteiger partial charge in [-0.05, 0) is 52.5 Å². The molecule has 7 nitrogen and oxygen atoms in total. The first-order valence-corrected chi connectivity index (χ1v) is 11.9. The molecule has 2 unspecified atom stereocenters. The van der Waals surface area contributed by atoms with Gasteiger partial charge in [0.15, 0.2) is 0 Å². The lowest BCUT2D eigenvalue weighted by Gasteiger charge is -2.43. The van der Waals surface area contributed by atoms with Gasteiger partial charge in [-0.25, -0.2) is 4.52 Å². The average Bonchev–Trinajstić information content (AvgIpc) is 3.15. The van der Waals surface area contributed by atoms with Gasteiger partial charge in [-0.15, -0.1) is 0 Å². The molecule has 2 aromatic rings. The number of carbonyl (C=O) groups is 1. The van der Waals surface area contributed by atoms with Crippen LogP contribution in [0.25, 0.3) is 10.8 Å². The zero-order valence-electron chi connectivity index (χ0n) is 18.8. The van der Waals surface area contributed by atoms with Crippen molar-refractivity contribution in [1.82, 2.24) is 29.3 Å². The number of carbonyl (C=O) groups excluding carboxylic acids is 1. The molecular weight excluding hydrogens is 407 g/mol. The van der Waals surface area contributed by atoms with Gasteiger partial charge < -0.3 is 14.7 Å². The molecule has 1 saturated heterocycles. The summed E-state index contributed by atoms with van der Waals surface area (Å²) < 4.78 is 1.88. The van der Waals surface area contributed by atoms with Crippen molar-refractivity contribution in [2.75, 3.05) is 26.7 Å². The highest BCUT2D eigenvalue weighted by molar-refractivity contribution is 7.51. The van der Waals surface area contributed by atoms with Crippen LogP contribution in [-0.2, 0) is 4.79 Å². The zero-order chi connectivity index (χ0) is 21.9. The summed E-state index contributed by atoms with van der Waals surface area (Å²) in [5.74, 6) is 0.112. The van der Waals surface area contributed by atoms with E-state index in [2.05, 4.69) is 54.0 Å². The normalized spacial score (nSPS) is 25.6. The molecule has 3 atom stereocenters. The van der Waals surface area contributed by atoms with E-state index in [-0.39, 0.29) is 11.7 Å². The van der Waals surface area contributed by atoms with Crippen LogP contribution in [0, 0.1) is 13.8 Å². The molecule has 0 bridgehead atoms. The lowest BCUT2D eigenvalue weighted by atomic mass is 10.1. The Bertz CT molecular complexity index is 1160. The first kappa shape index (κ1) is 20.4. The van der Waals surface area contributed by atoms with Crippen molar-refractivity contribution >= 4 is 25.3 Å². The lowest BCUT2D eigenvalue weighted by molar-refractivity contribution is -0.124. The molecule has 1 amide bonds. The minimum absolute atomic E-state index is 0.0361. The Morgan fingerprint density at radius 1 is 1.16 bits per heavy atom. The second-order valence-electron chi connectivity index (χ2n) is 8.90. The number of nitrogens with zero attached hydrogens (tertiary/aromatic N) is 6. The van der Waals surface area contributed by atoms with E-state index in [0.29, 0.717) is 14.6 Å².